The van der Waals surface area contributed by atoms with E-state index in [1.807, 2.05) is 0 Å². The highest BCUT2D eigenvalue weighted by Crippen LogP contribution is 2.02. The maximum atomic E-state index is 9.07. The molecule has 0 spiro atoms. The Labute approximate surface area is 104 Å². The van der Waals surface area contributed by atoms with Gasteiger partial charge in [-0.2, -0.15) is 0 Å². The third-order valence-corrected chi connectivity index (χ3v) is 2.18. The van der Waals surface area contributed by atoms with Crippen LogP contribution in [0.4, 0.5) is 0 Å². The number of ether oxygens (including phenoxy) is 3. The van der Waals surface area contributed by atoms with Gasteiger partial charge in [-0.3, -0.25) is 0 Å². The van der Waals surface area contributed by atoms with E-state index in [0.717, 1.165) is 25.7 Å². The smallest absolute Gasteiger partial charge is 0.180 e. The van der Waals surface area contributed by atoms with Crippen LogP contribution in [0, 0.1) is 0 Å². The lowest BCUT2D eigenvalue weighted by Crippen LogP contribution is -2.29. The molecule has 1 atom stereocenters. The molecule has 0 bridgehead atoms. The van der Waals surface area contributed by atoms with Crippen molar-refractivity contribution in [3.8, 4) is 0 Å². The fraction of sp³-hybridized carbons (Fsp3) is 1.00. The van der Waals surface area contributed by atoms with Crippen molar-refractivity contribution >= 4 is 0 Å². The summed E-state index contributed by atoms with van der Waals surface area (Å²) in [6, 6.07) is 0. The Kier molecular flexibility index (Phi) is 12.1. The van der Waals surface area contributed by atoms with Gasteiger partial charge in [-0.15, -0.1) is 0 Å². The van der Waals surface area contributed by atoms with Crippen molar-refractivity contribution in [2.24, 2.45) is 0 Å². The number of hydrogen-bond donors (Lipinski definition) is 2. The van der Waals surface area contributed by atoms with Gasteiger partial charge < -0.3 is 24.4 Å². The predicted molar refractivity (Wildman–Crippen MR) is 64.6 cm³/mol. The first-order valence-corrected chi connectivity index (χ1v) is 6.38. The summed E-state index contributed by atoms with van der Waals surface area (Å²) >= 11 is 0. The van der Waals surface area contributed by atoms with Crippen molar-refractivity contribution in [1.29, 1.82) is 0 Å². The normalized spacial score (nSPS) is 13.2. The van der Waals surface area contributed by atoms with Crippen molar-refractivity contribution in [1.82, 2.24) is 0 Å². The largest absolute Gasteiger partial charge is 0.391 e. The zero-order valence-corrected chi connectivity index (χ0v) is 10.9. The Hall–Kier alpha value is -0.200. The van der Waals surface area contributed by atoms with E-state index >= 15 is 0 Å². The first-order chi connectivity index (χ1) is 8.24. The molecule has 0 aliphatic heterocycles. The van der Waals surface area contributed by atoms with Crippen LogP contribution in [-0.2, 0) is 14.2 Å². The van der Waals surface area contributed by atoms with Crippen molar-refractivity contribution < 1.29 is 24.4 Å². The third kappa shape index (κ3) is 10.7. The summed E-state index contributed by atoms with van der Waals surface area (Å²) in [6.45, 7) is 5.12. The third-order valence-electron chi connectivity index (χ3n) is 2.18. The number of aliphatic hydroxyl groups excluding tert-OH is 2. The molecule has 0 rings (SSSR count). The van der Waals surface area contributed by atoms with Crippen LogP contribution in [0.1, 0.15) is 39.5 Å². The molecule has 0 aromatic rings. The molecule has 0 heterocycles. The molecular weight excluding hydrogens is 224 g/mol. The summed E-state index contributed by atoms with van der Waals surface area (Å²) in [6.07, 6.45) is 2.42. The van der Waals surface area contributed by atoms with E-state index in [2.05, 4.69) is 13.8 Å². The van der Waals surface area contributed by atoms with Crippen LogP contribution < -0.4 is 0 Å². The summed E-state index contributed by atoms with van der Waals surface area (Å²) in [4.78, 5) is 0. The van der Waals surface area contributed by atoms with Gasteiger partial charge >= 0.3 is 0 Å². The van der Waals surface area contributed by atoms with E-state index in [0.29, 0.717) is 13.2 Å². The van der Waals surface area contributed by atoms with Crippen LogP contribution in [0.25, 0.3) is 0 Å². The van der Waals surface area contributed by atoms with Gasteiger partial charge in [0.15, 0.2) is 12.6 Å². The maximum Gasteiger partial charge on any atom is 0.180 e. The van der Waals surface area contributed by atoms with E-state index in [1.54, 1.807) is 0 Å². The molecule has 0 aromatic heterocycles. The second-order valence-electron chi connectivity index (χ2n) is 3.85. The van der Waals surface area contributed by atoms with Gasteiger partial charge in [-0.1, -0.05) is 26.7 Å². The Morgan fingerprint density at radius 1 is 0.941 bits per heavy atom. The molecule has 0 amide bonds. The molecule has 5 heteroatoms. The van der Waals surface area contributed by atoms with E-state index < -0.39 is 19.2 Å². The molecule has 104 valence electrons. The summed E-state index contributed by atoms with van der Waals surface area (Å²) in [5.41, 5.74) is 0. The van der Waals surface area contributed by atoms with Gasteiger partial charge in [0.2, 0.25) is 0 Å². The fourth-order valence-corrected chi connectivity index (χ4v) is 1.10. The second-order valence-corrected chi connectivity index (χ2v) is 3.85. The van der Waals surface area contributed by atoms with Crippen LogP contribution in [-0.4, -0.2) is 49.2 Å². The minimum absolute atomic E-state index is 0.134. The van der Waals surface area contributed by atoms with Crippen molar-refractivity contribution in [2.45, 2.75) is 52.1 Å². The van der Waals surface area contributed by atoms with Crippen LogP contribution in [0.5, 0.6) is 0 Å². The average molecular weight is 250 g/mol. The van der Waals surface area contributed by atoms with Crippen molar-refractivity contribution in [3.05, 3.63) is 0 Å². The minimum Gasteiger partial charge on any atom is -0.391 e. The lowest BCUT2D eigenvalue weighted by Gasteiger charge is -2.20. The van der Waals surface area contributed by atoms with Crippen LogP contribution >= 0.6 is 0 Å². The van der Waals surface area contributed by atoms with E-state index in [9.17, 15) is 0 Å². The molecule has 0 aromatic carbocycles. The van der Waals surface area contributed by atoms with Gasteiger partial charge in [0.25, 0.3) is 0 Å². The Balaban J connectivity index is 3.75. The van der Waals surface area contributed by atoms with Gasteiger partial charge in [0.05, 0.1) is 6.61 Å². The monoisotopic (exact) mass is 250 g/mol. The number of hydrogen-bond acceptors (Lipinski definition) is 5. The standard InChI is InChI=1S/C12H26O5/c1-3-5-7-15-12(16-8-6-4-2)10-17-11(14)9-13/h11-14H,3-10H2,1-2H3. The van der Waals surface area contributed by atoms with E-state index in [-0.39, 0.29) is 6.61 Å². The predicted octanol–water partition coefficient (Wildman–Crippen LogP) is 1.27. The molecule has 0 aliphatic carbocycles. The summed E-state index contributed by atoms with van der Waals surface area (Å²) < 4.78 is 15.9. The SMILES string of the molecule is CCCCOC(COC(O)CO)OCCCC. The lowest BCUT2D eigenvalue weighted by atomic mass is 10.3. The number of rotatable bonds is 12. The van der Waals surface area contributed by atoms with Gasteiger partial charge in [-0.05, 0) is 12.8 Å². The molecule has 0 aliphatic rings. The highest BCUT2D eigenvalue weighted by molar-refractivity contribution is 4.46. The van der Waals surface area contributed by atoms with Crippen molar-refractivity contribution in [2.75, 3.05) is 26.4 Å². The summed E-state index contributed by atoms with van der Waals surface area (Å²) in [5.74, 6) is 0. The lowest BCUT2D eigenvalue weighted by molar-refractivity contribution is -0.213. The molecule has 0 fully saturated rings. The molecule has 0 saturated heterocycles. The Bertz CT molecular complexity index is 144. The fourth-order valence-electron chi connectivity index (χ4n) is 1.10. The highest BCUT2D eigenvalue weighted by Gasteiger charge is 2.12. The number of unbranched alkanes of at least 4 members (excludes halogenated alkanes) is 2. The zero-order chi connectivity index (χ0) is 12.9. The molecule has 0 radical (unpaired) electrons. The van der Waals surface area contributed by atoms with E-state index in [4.69, 9.17) is 24.4 Å². The van der Waals surface area contributed by atoms with Gasteiger partial charge in [0.1, 0.15) is 6.61 Å². The van der Waals surface area contributed by atoms with Crippen molar-refractivity contribution in [3.63, 3.8) is 0 Å². The van der Waals surface area contributed by atoms with E-state index in [1.165, 1.54) is 0 Å². The molecular formula is C12H26O5. The minimum atomic E-state index is -1.16. The summed E-state index contributed by atoms with van der Waals surface area (Å²) in [7, 11) is 0. The Morgan fingerprint density at radius 2 is 1.47 bits per heavy atom. The molecule has 0 saturated carbocycles. The molecule has 17 heavy (non-hydrogen) atoms. The van der Waals surface area contributed by atoms with Gasteiger partial charge in [-0.25, -0.2) is 0 Å². The first kappa shape index (κ1) is 16.8. The topological polar surface area (TPSA) is 68.2 Å². The average Bonchev–Trinajstić information content (AvgIpc) is 2.35. The van der Waals surface area contributed by atoms with Crippen LogP contribution in [0.2, 0.25) is 0 Å². The second kappa shape index (κ2) is 12.3. The zero-order valence-electron chi connectivity index (χ0n) is 10.9. The van der Waals surface area contributed by atoms with Crippen LogP contribution in [0.3, 0.4) is 0 Å². The highest BCUT2D eigenvalue weighted by atomic mass is 16.7. The maximum absolute atomic E-state index is 9.07. The Morgan fingerprint density at radius 3 is 1.88 bits per heavy atom. The molecule has 1 unspecified atom stereocenters. The van der Waals surface area contributed by atoms with Crippen LogP contribution in [0.15, 0.2) is 0 Å². The first-order valence-electron chi connectivity index (χ1n) is 6.38. The molecule has 5 nitrogen and oxygen atoms in total. The quantitative estimate of drug-likeness (QED) is 0.403. The molecule has 2 N–H and O–H groups in total. The number of aliphatic hydroxyl groups is 2. The summed E-state index contributed by atoms with van der Waals surface area (Å²) in [5, 5.41) is 17.7. The van der Waals surface area contributed by atoms with Gasteiger partial charge in [0, 0.05) is 13.2 Å².